The highest BCUT2D eigenvalue weighted by Crippen LogP contribution is 2.37. The fourth-order valence-electron chi connectivity index (χ4n) is 4.02. The second-order valence-electron chi connectivity index (χ2n) is 8.23. The van der Waals surface area contributed by atoms with Crippen LogP contribution in [-0.2, 0) is 21.2 Å². The number of amides is 2. The molecule has 0 fully saturated rings. The maximum absolute atomic E-state index is 13.3. The first-order chi connectivity index (χ1) is 15.6. The Bertz CT molecular complexity index is 1330. The van der Waals surface area contributed by atoms with Gasteiger partial charge >= 0.3 is 0 Å². The van der Waals surface area contributed by atoms with Crippen LogP contribution in [0, 0.1) is 6.92 Å². The van der Waals surface area contributed by atoms with Gasteiger partial charge in [0.15, 0.2) is 0 Å². The number of nitrogens with zero attached hydrogens (tertiary/aromatic N) is 1. The van der Waals surface area contributed by atoms with Gasteiger partial charge in [-0.1, -0.05) is 23.8 Å². The molecular formula is C25H25N3O4S. The Morgan fingerprint density at radius 2 is 1.61 bits per heavy atom. The number of benzene rings is 3. The van der Waals surface area contributed by atoms with Gasteiger partial charge in [-0.15, -0.1) is 0 Å². The molecule has 1 heterocycles. The fourth-order valence-corrected chi connectivity index (χ4v) is 5.71. The summed E-state index contributed by atoms with van der Waals surface area (Å²) < 4.78 is 28.0. The normalized spacial score (nSPS) is 15.1. The van der Waals surface area contributed by atoms with E-state index in [1.807, 2.05) is 13.8 Å². The Balaban J connectivity index is 1.58. The summed E-state index contributed by atoms with van der Waals surface area (Å²) in [4.78, 5) is 24.3. The van der Waals surface area contributed by atoms with Crippen LogP contribution in [-0.4, -0.2) is 26.3 Å². The average molecular weight is 464 g/mol. The van der Waals surface area contributed by atoms with Gasteiger partial charge in [0.2, 0.25) is 5.91 Å². The molecular weight excluding hydrogens is 438 g/mol. The van der Waals surface area contributed by atoms with E-state index >= 15 is 0 Å². The van der Waals surface area contributed by atoms with Crippen LogP contribution < -0.4 is 14.9 Å². The Hall–Kier alpha value is -3.65. The van der Waals surface area contributed by atoms with Gasteiger partial charge < -0.3 is 10.6 Å². The number of aryl methyl sites for hydroxylation is 1. The van der Waals surface area contributed by atoms with E-state index in [0.29, 0.717) is 29.0 Å². The molecule has 0 aromatic heterocycles. The lowest BCUT2D eigenvalue weighted by atomic mass is 10.1. The van der Waals surface area contributed by atoms with Crippen molar-refractivity contribution in [1.29, 1.82) is 0 Å². The van der Waals surface area contributed by atoms with E-state index < -0.39 is 10.0 Å². The minimum atomic E-state index is -3.72. The standard InChI is InChI=1S/C25H25N3O4S/c1-16-7-10-23(11-8-16)33(31,32)28-17(2)13-20-14-19(9-12-24(20)28)25(30)27-22-6-4-5-21(15-22)26-18(3)29/h4-12,14-15,17H,13H2,1-3H3,(H,26,29)(H,27,30)/t17-/m1/s1. The van der Waals surface area contributed by atoms with E-state index in [4.69, 9.17) is 0 Å². The number of fused-ring (bicyclic) bond motifs is 1. The van der Waals surface area contributed by atoms with Crippen LogP contribution >= 0.6 is 0 Å². The van der Waals surface area contributed by atoms with Gasteiger partial charge in [0.05, 0.1) is 10.6 Å². The quantitative estimate of drug-likeness (QED) is 0.588. The fraction of sp³-hybridized carbons (Fsp3) is 0.200. The van der Waals surface area contributed by atoms with Gasteiger partial charge in [-0.25, -0.2) is 8.42 Å². The van der Waals surface area contributed by atoms with Crippen molar-refractivity contribution in [2.45, 2.75) is 38.1 Å². The predicted molar refractivity (Wildman–Crippen MR) is 129 cm³/mol. The Kier molecular flexibility index (Phi) is 5.95. The smallest absolute Gasteiger partial charge is 0.264 e. The van der Waals surface area contributed by atoms with Gasteiger partial charge in [0, 0.05) is 29.9 Å². The predicted octanol–water partition coefficient (Wildman–Crippen LogP) is 4.35. The highest BCUT2D eigenvalue weighted by Gasteiger charge is 2.36. The van der Waals surface area contributed by atoms with Crippen molar-refractivity contribution in [1.82, 2.24) is 0 Å². The Labute approximate surface area is 193 Å². The van der Waals surface area contributed by atoms with Gasteiger partial charge in [-0.05, 0) is 74.4 Å². The van der Waals surface area contributed by atoms with E-state index in [1.165, 1.54) is 11.2 Å². The topological polar surface area (TPSA) is 95.6 Å². The average Bonchev–Trinajstić information content (AvgIpc) is 3.09. The molecule has 0 radical (unpaired) electrons. The summed E-state index contributed by atoms with van der Waals surface area (Å²) in [5.74, 6) is -0.512. The first kappa shape index (κ1) is 22.5. The highest BCUT2D eigenvalue weighted by molar-refractivity contribution is 7.92. The Morgan fingerprint density at radius 3 is 2.27 bits per heavy atom. The van der Waals surface area contributed by atoms with Crippen molar-refractivity contribution >= 4 is 38.9 Å². The van der Waals surface area contributed by atoms with Crippen molar-refractivity contribution in [2.24, 2.45) is 0 Å². The van der Waals surface area contributed by atoms with Gasteiger partial charge in [-0.2, -0.15) is 0 Å². The molecule has 0 saturated carbocycles. The molecule has 0 spiro atoms. The summed E-state index contributed by atoms with van der Waals surface area (Å²) in [6.45, 7) is 5.19. The Morgan fingerprint density at radius 1 is 0.939 bits per heavy atom. The molecule has 0 aliphatic carbocycles. The monoisotopic (exact) mass is 463 g/mol. The molecule has 2 N–H and O–H groups in total. The first-order valence-corrected chi connectivity index (χ1v) is 12.0. The molecule has 7 nitrogen and oxygen atoms in total. The molecule has 0 unspecified atom stereocenters. The van der Waals surface area contributed by atoms with Gasteiger partial charge in [0.25, 0.3) is 15.9 Å². The van der Waals surface area contributed by atoms with Crippen molar-refractivity contribution in [2.75, 3.05) is 14.9 Å². The van der Waals surface area contributed by atoms with Crippen molar-refractivity contribution in [3.63, 3.8) is 0 Å². The molecule has 1 aliphatic rings. The number of rotatable bonds is 5. The molecule has 2 amide bonds. The molecule has 0 bridgehead atoms. The van der Waals surface area contributed by atoms with Crippen LogP contribution in [0.1, 0.15) is 35.3 Å². The third kappa shape index (κ3) is 4.61. The SMILES string of the molecule is CC(=O)Nc1cccc(NC(=O)c2ccc3c(c2)C[C@@H](C)N3S(=O)(=O)c2ccc(C)cc2)c1. The zero-order valence-corrected chi connectivity index (χ0v) is 19.4. The number of carbonyl (C=O) groups excluding carboxylic acids is 2. The number of sulfonamides is 1. The summed E-state index contributed by atoms with van der Waals surface area (Å²) in [5, 5.41) is 5.50. The zero-order valence-electron chi connectivity index (χ0n) is 18.6. The van der Waals surface area contributed by atoms with Crippen LogP contribution in [0.4, 0.5) is 17.1 Å². The molecule has 170 valence electrons. The number of hydrogen-bond donors (Lipinski definition) is 2. The van der Waals surface area contributed by atoms with E-state index in [2.05, 4.69) is 10.6 Å². The van der Waals surface area contributed by atoms with Crippen molar-refractivity contribution in [3.8, 4) is 0 Å². The van der Waals surface area contributed by atoms with Crippen LogP contribution in [0.3, 0.4) is 0 Å². The second-order valence-corrected chi connectivity index (χ2v) is 10.0. The van der Waals surface area contributed by atoms with E-state index in [1.54, 1.807) is 66.7 Å². The van der Waals surface area contributed by atoms with E-state index in [9.17, 15) is 18.0 Å². The number of nitrogens with one attached hydrogen (secondary N) is 2. The van der Waals surface area contributed by atoms with Crippen molar-refractivity contribution < 1.29 is 18.0 Å². The molecule has 4 rings (SSSR count). The number of hydrogen-bond acceptors (Lipinski definition) is 4. The lowest BCUT2D eigenvalue weighted by Gasteiger charge is -2.24. The van der Waals surface area contributed by atoms with Crippen LogP contribution in [0.2, 0.25) is 0 Å². The van der Waals surface area contributed by atoms with Crippen LogP contribution in [0.25, 0.3) is 0 Å². The summed E-state index contributed by atoms with van der Waals surface area (Å²) in [6, 6.07) is 18.5. The van der Waals surface area contributed by atoms with Gasteiger partial charge in [0.1, 0.15) is 0 Å². The van der Waals surface area contributed by atoms with Crippen molar-refractivity contribution in [3.05, 3.63) is 83.4 Å². The molecule has 8 heteroatoms. The summed E-state index contributed by atoms with van der Waals surface area (Å²) in [7, 11) is -3.72. The minimum Gasteiger partial charge on any atom is -0.326 e. The highest BCUT2D eigenvalue weighted by atomic mass is 32.2. The third-order valence-electron chi connectivity index (χ3n) is 5.51. The molecule has 33 heavy (non-hydrogen) atoms. The molecule has 1 aliphatic heterocycles. The summed E-state index contributed by atoms with van der Waals surface area (Å²) >= 11 is 0. The minimum absolute atomic E-state index is 0.198. The maximum Gasteiger partial charge on any atom is 0.264 e. The summed E-state index contributed by atoms with van der Waals surface area (Å²) in [6.07, 6.45) is 0.513. The van der Waals surface area contributed by atoms with Crippen LogP contribution in [0.15, 0.2) is 71.6 Å². The second kappa shape index (κ2) is 8.71. The lowest BCUT2D eigenvalue weighted by molar-refractivity contribution is -0.114. The molecule has 1 atom stereocenters. The third-order valence-corrected chi connectivity index (χ3v) is 7.46. The summed E-state index contributed by atoms with van der Waals surface area (Å²) in [5.41, 5.74) is 3.94. The van der Waals surface area contributed by atoms with E-state index in [-0.39, 0.29) is 22.8 Å². The molecule has 0 saturated heterocycles. The van der Waals surface area contributed by atoms with Crippen LogP contribution in [0.5, 0.6) is 0 Å². The van der Waals surface area contributed by atoms with Gasteiger partial charge in [-0.3, -0.25) is 13.9 Å². The number of anilines is 3. The number of carbonyl (C=O) groups is 2. The largest absolute Gasteiger partial charge is 0.326 e. The first-order valence-electron chi connectivity index (χ1n) is 10.6. The molecule has 3 aromatic rings. The van der Waals surface area contributed by atoms with E-state index in [0.717, 1.165) is 11.1 Å². The molecule has 3 aromatic carbocycles. The lowest BCUT2D eigenvalue weighted by Crippen LogP contribution is -2.35. The maximum atomic E-state index is 13.3. The zero-order chi connectivity index (χ0) is 23.8.